The number of nitrogens with one attached hydrogen (secondary N) is 2. The van der Waals surface area contributed by atoms with E-state index in [1.54, 1.807) is 36.6 Å². The predicted molar refractivity (Wildman–Crippen MR) is 108 cm³/mol. The zero-order valence-corrected chi connectivity index (χ0v) is 16.5. The van der Waals surface area contributed by atoms with Crippen LogP contribution in [0.25, 0.3) is 5.69 Å². The van der Waals surface area contributed by atoms with Crippen LogP contribution in [0.1, 0.15) is 37.7 Å². The molecule has 1 aromatic heterocycles. The van der Waals surface area contributed by atoms with E-state index in [1.807, 2.05) is 0 Å². The fourth-order valence-corrected chi connectivity index (χ4v) is 3.31. The van der Waals surface area contributed by atoms with Crippen molar-refractivity contribution < 1.29 is 18.9 Å². The number of hydrazine groups is 1. The zero-order valence-electron chi connectivity index (χ0n) is 16.5. The minimum atomic E-state index is -0.800. The van der Waals surface area contributed by atoms with Crippen molar-refractivity contribution in [2.75, 3.05) is 0 Å². The molecule has 0 fully saturated rings. The molecule has 3 aromatic rings. The van der Waals surface area contributed by atoms with E-state index < -0.39 is 16.7 Å². The van der Waals surface area contributed by atoms with Crippen LogP contribution in [0.15, 0.2) is 48.5 Å². The van der Waals surface area contributed by atoms with Crippen LogP contribution in [0.4, 0.5) is 10.1 Å². The summed E-state index contributed by atoms with van der Waals surface area (Å²) in [5.74, 6) is -1.75. The molecule has 0 atom stereocenters. The number of nitro benzene ring substituents is 1. The number of nitrogens with zero attached hydrogens (tertiary/aromatic N) is 2. The van der Waals surface area contributed by atoms with Crippen molar-refractivity contribution in [3.63, 3.8) is 0 Å². The molecule has 0 aliphatic heterocycles. The van der Waals surface area contributed by atoms with Gasteiger partial charge in [0.05, 0.1) is 10.5 Å². The standard InChI is InChI=1S/C21H19FN4O4/c1-12-5-4-6-17(19(12)26(29)30)20(27)23-24-21(28)18-11-13(2)25(14(18)3)16-9-7-15(22)8-10-16/h4-11H,1-3H3,(H,23,27)(H,24,28). The van der Waals surface area contributed by atoms with Gasteiger partial charge in [0.2, 0.25) is 0 Å². The molecule has 30 heavy (non-hydrogen) atoms. The van der Waals surface area contributed by atoms with Crippen LogP contribution in [-0.2, 0) is 0 Å². The van der Waals surface area contributed by atoms with E-state index >= 15 is 0 Å². The largest absolute Gasteiger partial charge is 0.318 e. The molecule has 2 N–H and O–H groups in total. The van der Waals surface area contributed by atoms with Crippen LogP contribution in [0.5, 0.6) is 0 Å². The molecule has 0 bridgehead atoms. The Bertz CT molecular complexity index is 1150. The second-order valence-electron chi connectivity index (χ2n) is 6.73. The number of amides is 2. The molecule has 0 radical (unpaired) electrons. The van der Waals surface area contributed by atoms with E-state index in [1.165, 1.54) is 37.3 Å². The predicted octanol–water partition coefficient (Wildman–Crippen LogP) is 3.52. The maximum atomic E-state index is 13.2. The van der Waals surface area contributed by atoms with Gasteiger partial charge in [-0.2, -0.15) is 0 Å². The number of aromatic nitrogens is 1. The van der Waals surface area contributed by atoms with Crippen molar-refractivity contribution >= 4 is 17.5 Å². The van der Waals surface area contributed by atoms with E-state index in [0.717, 1.165) is 5.69 Å². The lowest BCUT2D eigenvalue weighted by Gasteiger charge is -2.11. The second-order valence-corrected chi connectivity index (χ2v) is 6.73. The lowest BCUT2D eigenvalue weighted by molar-refractivity contribution is -0.385. The number of hydrogen-bond donors (Lipinski definition) is 2. The van der Waals surface area contributed by atoms with Gasteiger partial charge in [-0.05, 0) is 57.2 Å². The Morgan fingerprint density at radius 1 is 0.967 bits per heavy atom. The first-order valence-electron chi connectivity index (χ1n) is 9.00. The highest BCUT2D eigenvalue weighted by atomic mass is 19.1. The Morgan fingerprint density at radius 3 is 2.17 bits per heavy atom. The Morgan fingerprint density at radius 2 is 1.57 bits per heavy atom. The number of carbonyl (C=O) groups is 2. The molecule has 0 saturated carbocycles. The maximum absolute atomic E-state index is 13.2. The average molecular weight is 410 g/mol. The van der Waals surface area contributed by atoms with Gasteiger partial charge in [-0.15, -0.1) is 0 Å². The molecule has 3 rings (SSSR count). The molecule has 0 aliphatic rings. The van der Waals surface area contributed by atoms with Crippen LogP contribution in [0.2, 0.25) is 0 Å². The Hall–Kier alpha value is -4.01. The summed E-state index contributed by atoms with van der Waals surface area (Å²) in [5.41, 5.74) is 6.69. The number of carbonyl (C=O) groups excluding carboxylic acids is 2. The Kier molecular flexibility index (Phi) is 5.63. The third-order valence-electron chi connectivity index (χ3n) is 4.72. The molecule has 9 heteroatoms. The first-order valence-corrected chi connectivity index (χ1v) is 9.00. The summed E-state index contributed by atoms with van der Waals surface area (Å²) in [4.78, 5) is 35.6. The SMILES string of the molecule is Cc1cccc(C(=O)NNC(=O)c2cc(C)n(-c3ccc(F)cc3)c2C)c1[N+](=O)[O-]. The average Bonchev–Trinajstić information content (AvgIpc) is 3.00. The topological polar surface area (TPSA) is 106 Å². The first kappa shape index (κ1) is 20.7. The van der Waals surface area contributed by atoms with Crippen LogP contribution < -0.4 is 10.9 Å². The van der Waals surface area contributed by atoms with Gasteiger partial charge in [0.15, 0.2) is 0 Å². The number of halogens is 1. The van der Waals surface area contributed by atoms with Crippen molar-refractivity contribution in [3.05, 3.63) is 92.5 Å². The minimum Gasteiger partial charge on any atom is -0.318 e. The summed E-state index contributed by atoms with van der Waals surface area (Å²) in [6.45, 7) is 5.04. The van der Waals surface area contributed by atoms with Gasteiger partial charge in [-0.25, -0.2) is 4.39 Å². The van der Waals surface area contributed by atoms with Gasteiger partial charge in [-0.1, -0.05) is 12.1 Å². The normalized spacial score (nSPS) is 10.5. The van der Waals surface area contributed by atoms with Crippen LogP contribution >= 0.6 is 0 Å². The van der Waals surface area contributed by atoms with Gasteiger partial charge >= 0.3 is 0 Å². The van der Waals surface area contributed by atoms with Crippen molar-refractivity contribution in [1.29, 1.82) is 0 Å². The molecule has 0 spiro atoms. The highest BCUT2D eigenvalue weighted by Gasteiger charge is 2.23. The molecule has 154 valence electrons. The summed E-state index contributed by atoms with van der Waals surface area (Å²) in [6.07, 6.45) is 0. The lowest BCUT2D eigenvalue weighted by Crippen LogP contribution is -2.42. The minimum absolute atomic E-state index is 0.155. The van der Waals surface area contributed by atoms with Crippen molar-refractivity contribution in [2.24, 2.45) is 0 Å². The number of benzene rings is 2. The molecular formula is C21H19FN4O4. The fraction of sp³-hybridized carbons (Fsp3) is 0.143. The third kappa shape index (κ3) is 3.90. The van der Waals surface area contributed by atoms with Crippen molar-refractivity contribution in [3.8, 4) is 5.69 Å². The van der Waals surface area contributed by atoms with Gasteiger partial charge in [0.25, 0.3) is 17.5 Å². The van der Waals surface area contributed by atoms with Crippen molar-refractivity contribution in [1.82, 2.24) is 15.4 Å². The van der Waals surface area contributed by atoms with E-state index in [0.29, 0.717) is 22.5 Å². The van der Waals surface area contributed by atoms with Gasteiger partial charge in [0, 0.05) is 22.6 Å². The summed E-state index contributed by atoms with van der Waals surface area (Å²) in [5, 5.41) is 11.3. The van der Waals surface area contributed by atoms with Gasteiger partial charge < -0.3 is 4.57 Å². The second kappa shape index (κ2) is 8.16. The van der Waals surface area contributed by atoms with Crippen LogP contribution in [-0.4, -0.2) is 21.3 Å². The molecule has 0 saturated heterocycles. The first-order chi connectivity index (χ1) is 14.2. The molecule has 2 aromatic carbocycles. The maximum Gasteiger partial charge on any atom is 0.285 e. The van der Waals surface area contributed by atoms with E-state index in [9.17, 15) is 24.1 Å². The lowest BCUT2D eigenvalue weighted by atomic mass is 10.1. The number of nitro groups is 1. The quantitative estimate of drug-likeness (QED) is 0.507. The van der Waals surface area contributed by atoms with Gasteiger partial charge in [0.1, 0.15) is 11.4 Å². The molecule has 2 amide bonds. The third-order valence-corrected chi connectivity index (χ3v) is 4.72. The zero-order chi connectivity index (χ0) is 22.0. The molecule has 0 aliphatic carbocycles. The smallest absolute Gasteiger partial charge is 0.285 e. The van der Waals surface area contributed by atoms with E-state index in [-0.39, 0.29) is 17.1 Å². The molecular weight excluding hydrogens is 391 g/mol. The van der Waals surface area contributed by atoms with E-state index in [4.69, 9.17) is 0 Å². The van der Waals surface area contributed by atoms with Crippen LogP contribution in [0, 0.1) is 36.7 Å². The number of para-hydroxylation sites is 1. The highest BCUT2D eigenvalue weighted by molar-refractivity contribution is 6.02. The van der Waals surface area contributed by atoms with Crippen LogP contribution in [0.3, 0.4) is 0 Å². The number of hydrogen-bond acceptors (Lipinski definition) is 4. The van der Waals surface area contributed by atoms with Gasteiger partial charge in [-0.3, -0.25) is 30.6 Å². The Balaban J connectivity index is 1.80. The summed E-state index contributed by atoms with van der Waals surface area (Å²) in [7, 11) is 0. The fourth-order valence-electron chi connectivity index (χ4n) is 3.31. The summed E-state index contributed by atoms with van der Waals surface area (Å²) >= 11 is 0. The van der Waals surface area contributed by atoms with E-state index in [2.05, 4.69) is 10.9 Å². The molecule has 0 unspecified atom stereocenters. The highest BCUT2D eigenvalue weighted by Crippen LogP contribution is 2.23. The molecule has 8 nitrogen and oxygen atoms in total. The van der Waals surface area contributed by atoms with Crippen molar-refractivity contribution in [2.45, 2.75) is 20.8 Å². The summed E-state index contributed by atoms with van der Waals surface area (Å²) in [6, 6.07) is 11.8. The number of rotatable bonds is 4. The number of aryl methyl sites for hydroxylation is 2. The Labute approximate surface area is 171 Å². The summed E-state index contributed by atoms with van der Waals surface area (Å²) < 4.78 is 15.0. The monoisotopic (exact) mass is 410 g/mol. The molecule has 1 heterocycles.